The van der Waals surface area contributed by atoms with Gasteiger partial charge in [-0.2, -0.15) is 4.31 Å². The minimum Gasteiger partial charge on any atom is -0.389 e. The maximum absolute atomic E-state index is 12.5. The molecule has 1 saturated carbocycles. The Hall–Kier alpha value is -0.500. The molecule has 0 unspecified atom stereocenters. The van der Waals surface area contributed by atoms with Crippen LogP contribution in [-0.4, -0.2) is 31.3 Å². The standard InChI is InChI=1S/C13H20N2O2S3/c1-15(9-10-5-3-2-4-6-10)20(16,17)12-8-7-11(19-12)13(14)18/h7-8,10H,2-6,9H2,1H3,(H2,14,18). The second kappa shape index (κ2) is 6.51. The van der Waals surface area contributed by atoms with Crippen molar-refractivity contribution < 1.29 is 8.42 Å². The molecule has 0 radical (unpaired) electrons. The molecule has 0 bridgehead atoms. The van der Waals surface area contributed by atoms with E-state index in [0.29, 0.717) is 21.5 Å². The minimum atomic E-state index is -3.41. The Morgan fingerprint density at radius 3 is 2.60 bits per heavy atom. The SMILES string of the molecule is CN(CC1CCCCC1)S(=O)(=O)c1ccc(C(N)=S)s1. The van der Waals surface area contributed by atoms with Gasteiger partial charge < -0.3 is 5.73 Å². The maximum Gasteiger partial charge on any atom is 0.252 e. The molecule has 7 heteroatoms. The molecule has 2 N–H and O–H groups in total. The van der Waals surface area contributed by atoms with Gasteiger partial charge in [-0.05, 0) is 30.9 Å². The normalized spacial score (nSPS) is 17.5. The lowest BCUT2D eigenvalue weighted by Gasteiger charge is -2.26. The first-order chi connectivity index (χ1) is 9.41. The predicted octanol–water partition coefficient (Wildman–Crippen LogP) is 2.58. The van der Waals surface area contributed by atoms with Crippen molar-refractivity contribution in [3.05, 3.63) is 17.0 Å². The van der Waals surface area contributed by atoms with Gasteiger partial charge in [-0.25, -0.2) is 8.42 Å². The summed E-state index contributed by atoms with van der Waals surface area (Å²) in [6.07, 6.45) is 5.95. The smallest absolute Gasteiger partial charge is 0.252 e. The molecule has 0 atom stereocenters. The molecule has 1 aliphatic carbocycles. The van der Waals surface area contributed by atoms with Gasteiger partial charge in [0, 0.05) is 13.6 Å². The topological polar surface area (TPSA) is 63.4 Å². The minimum absolute atomic E-state index is 0.242. The Labute approximate surface area is 130 Å². The van der Waals surface area contributed by atoms with Crippen molar-refractivity contribution in [3.8, 4) is 0 Å². The third-order valence-corrected chi connectivity index (χ3v) is 7.49. The van der Waals surface area contributed by atoms with Crippen molar-refractivity contribution in [3.63, 3.8) is 0 Å². The first-order valence-electron chi connectivity index (χ1n) is 6.77. The average Bonchev–Trinajstić information content (AvgIpc) is 2.90. The summed E-state index contributed by atoms with van der Waals surface area (Å²) in [6, 6.07) is 3.26. The fourth-order valence-electron chi connectivity index (χ4n) is 2.58. The number of hydrogen-bond acceptors (Lipinski definition) is 4. The zero-order chi connectivity index (χ0) is 14.8. The zero-order valence-electron chi connectivity index (χ0n) is 11.5. The van der Waals surface area contributed by atoms with Gasteiger partial charge in [0.1, 0.15) is 9.20 Å². The molecule has 0 aliphatic heterocycles. The number of nitrogens with two attached hydrogens (primary N) is 1. The highest BCUT2D eigenvalue weighted by atomic mass is 32.2. The van der Waals surface area contributed by atoms with Crippen LogP contribution in [0.4, 0.5) is 0 Å². The number of nitrogens with zero attached hydrogens (tertiary/aromatic N) is 1. The van der Waals surface area contributed by atoms with E-state index in [2.05, 4.69) is 0 Å². The van der Waals surface area contributed by atoms with E-state index in [1.807, 2.05) is 0 Å². The Kier molecular flexibility index (Phi) is 5.17. The van der Waals surface area contributed by atoms with Crippen LogP contribution >= 0.6 is 23.6 Å². The lowest BCUT2D eigenvalue weighted by molar-refractivity contribution is 0.300. The van der Waals surface area contributed by atoms with E-state index in [9.17, 15) is 8.42 Å². The maximum atomic E-state index is 12.5. The summed E-state index contributed by atoms with van der Waals surface area (Å²) in [4.78, 5) is 0.885. The van der Waals surface area contributed by atoms with Crippen molar-refractivity contribution in [2.45, 2.75) is 36.3 Å². The third kappa shape index (κ3) is 3.58. The van der Waals surface area contributed by atoms with E-state index in [4.69, 9.17) is 18.0 Å². The Bertz CT molecular complexity index is 574. The second-order valence-electron chi connectivity index (χ2n) is 5.27. The fourth-order valence-corrected chi connectivity index (χ4v) is 5.39. The molecule has 2 rings (SSSR count). The van der Waals surface area contributed by atoms with Crippen LogP contribution in [-0.2, 0) is 10.0 Å². The summed E-state index contributed by atoms with van der Waals surface area (Å²) in [5.41, 5.74) is 5.53. The predicted molar refractivity (Wildman–Crippen MR) is 86.6 cm³/mol. The van der Waals surface area contributed by atoms with E-state index in [1.165, 1.54) is 23.6 Å². The van der Waals surface area contributed by atoms with Gasteiger partial charge >= 0.3 is 0 Å². The first kappa shape index (κ1) is 15.9. The van der Waals surface area contributed by atoms with Crippen molar-refractivity contribution in [1.82, 2.24) is 4.31 Å². The van der Waals surface area contributed by atoms with E-state index in [-0.39, 0.29) is 4.99 Å². The number of thiophene rings is 1. The van der Waals surface area contributed by atoms with E-state index >= 15 is 0 Å². The molecule has 1 aromatic heterocycles. The van der Waals surface area contributed by atoms with Crippen LogP contribution in [0.5, 0.6) is 0 Å². The summed E-state index contributed by atoms with van der Waals surface area (Å²) in [5, 5.41) is 0. The number of sulfonamides is 1. The molecule has 1 heterocycles. The number of rotatable bonds is 5. The highest BCUT2D eigenvalue weighted by Crippen LogP contribution is 2.28. The molecule has 1 fully saturated rings. The van der Waals surface area contributed by atoms with Gasteiger partial charge in [0.2, 0.25) is 0 Å². The van der Waals surface area contributed by atoms with Crippen LogP contribution < -0.4 is 5.73 Å². The van der Waals surface area contributed by atoms with Crippen molar-refractivity contribution in [2.75, 3.05) is 13.6 Å². The summed E-state index contributed by atoms with van der Waals surface area (Å²) < 4.78 is 26.8. The molecule has 0 saturated heterocycles. The monoisotopic (exact) mass is 332 g/mol. The highest BCUT2D eigenvalue weighted by molar-refractivity contribution is 7.91. The third-order valence-electron chi connectivity index (χ3n) is 3.73. The van der Waals surface area contributed by atoms with Crippen molar-refractivity contribution >= 4 is 38.6 Å². The van der Waals surface area contributed by atoms with Crippen molar-refractivity contribution in [2.24, 2.45) is 11.7 Å². The number of hydrogen-bond donors (Lipinski definition) is 1. The average molecular weight is 333 g/mol. The van der Waals surface area contributed by atoms with E-state index in [1.54, 1.807) is 19.2 Å². The van der Waals surface area contributed by atoms with Crippen LogP contribution in [0.3, 0.4) is 0 Å². The van der Waals surface area contributed by atoms with Crippen molar-refractivity contribution in [1.29, 1.82) is 0 Å². The van der Waals surface area contributed by atoms with Gasteiger partial charge in [0.15, 0.2) is 0 Å². The molecule has 0 aromatic carbocycles. The summed E-state index contributed by atoms with van der Waals surface area (Å²) in [7, 11) is -1.76. The van der Waals surface area contributed by atoms with Gasteiger partial charge in [-0.15, -0.1) is 11.3 Å². The van der Waals surface area contributed by atoms with E-state index in [0.717, 1.165) is 24.2 Å². The fraction of sp³-hybridized carbons (Fsp3) is 0.615. The van der Waals surface area contributed by atoms with Crippen LogP contribution in [0.1, 0.15) is 37.0 Å². The quantitative estimate of drug-likeness (QED) is 0.842. The van der Waals surface area contributed by atoms with Crippen LogP contribution in [0.2, 0.25) is 0 Å². The Morgan fingerprint density at radius 1 is 1.40 bits per heavy atom. The van der Waals surface area contributed by atoms with Gasteiger partial charge in [0.25, 0.3) is 10.0 Å². The van der Waals surface area contributed by atoms with Crippen LogP contribution in [0.25, 0.3) is 0 Å². The van der Waals surface area contributed by atoms with Gasteiger partial charge in [-0.3, -0.25) is 0 Å². The van der Waals surface area contributed by atoms with Crippen LogP contribution in [0, 0.1) is 5.92 Å². The van der Waals surface area contributed by atoms with Crippen LogP contribution in [0.15, 0.2) is 16.3 Å². The highest BCUT2D eigenvalue weighted by Gasteiger charge is 2.26. The largest absolute Gasteiger partial charge is 0.389 e. The van der Waals surface area contributed by atoms with E-state index < -0.39 is 10.0 Å². The number of thiocarbonyl (C=S) groups is 1. The molecule has 0 spiro atoms. The summed E-state index contributed by atoms with van der Waals surface area (Å²) in [6.45, 7) is 0.600. The summed E-state index contributed by atoms with van der Waals surface area (Å²) in [5.74, 6) is 0.485. The zero-order valence-corrected chi connectivity index (χ0v) is 14.0. The molecular formula is C13H20N2O2S3. The lowest BCUT2D eigenvalue weighted by atomic mass is 9.89. The second-order valence-corrected chi connectivity index (χ2v) is 9.07. The molecule has 0 amide bonds. The molecule has 112 valence electrons. The lowest BCUT2D eigenvalue weighted by Crippen LogP contribution is -2.32. The molecule has 20 heavy (non-hydrogen) atoms. The molecular weight excluding hydrogens is 312 g/mol. The molecule has 1 aromatic rings. The Morgan fingerprint density at radius 2 is 2.05 bits per heavy atom. The summed E-state index contributed by atoms with van der Waals surface area (Å²) >= 11 is 6.02. The van der Waals surface area contributed by atoms with Gasteiger partial charge in [-0.1, -0.05) is 31.5 Å². The molecule has 4 nitrogen and oxygen atoms in total. The van der Waals surface area contributed by atoms with Gasteiger partial charge in [0.05, 0.1) is 4.88 Å². The first-order valence-corrected chi connectivity index (χ1v) is 9.43. The Balaban J connectivity index is 2.09. The molecule has 1 aliphatic rings.